The van der Waals surface area contributed by atoms with Crippen LogP contribution in [0.15, 0.2) is 65.6 Å². The Kier molecular flexibility index (Phi) is 8.37. The Morgan fingerprint density at radius 1 is 1.13 bits per heavy atom. The fraction of sp³-hybridized carbons (Fsp3) is 0.185. The summed E-state index contributed by atoms with van der Waals surface area (Å²) < 4.78 is 48.2. The van der Waals surface area contributed by atoms with Gasteiger partial charge in [0, 0.05) is 30.3 Å². The molecule has 2 N–H and O–H groups in total. The normalized spacial score (nSPS) is 11.2. The molecule has 0 atom stereocenters. The van der Waals surface area contributed by atoms with Crippen LogP contribution in [0.2, 0.25) is 0 Å². The van der Waals surface area contributed by atoms with Gasteiger partial charge in [0.25, 0.3) is 5.56 Å². The molecule has 0 saturated carbocycles. The Hall–Kier alpha value is -4.67. The molecule has 0 bridgehead atoms. The number of unbranched alkanes of at least 4 members (excludes halogenated alkanes) is 1. The number of benzene rings is 2. The van der Waals surface area contributed by atoms with Gasteiger partial charge in [0.05, 0.1) is 12.1 Å². The number of H-pyrrole nitrogens is 1. The fourth-order valence-corrected chi connectivity index (χ4v) is 3.75. The number of pyridine rings is 1. The molecule has 0 radical (unpaired) electrons. The quantitative estimate of drug-likeness (QED) is 0.169. The first-order chi connectivity index (χ1) is 18.3. The van der Waals surface area contributed by atoms with E-state index in [0.29, 0.717) is 30.5 Å². The number of hydrogen-bond donors (Lipinski definition) is 2. The first kappa shape index (κ1) is 26.4. The summed E-state index contributed by atoms with van der Waals surface area (Å²) in [4.78, 5) is 42.7. The van der Waals surface area contributed by atoms with E-state index in [1.54, 1.807) is 12.1 Å². The Morgan fingerprint density at radius 3 is 2.76 bits per heavy atom. The van der Waals surface area contributed by atoms with Crippen molar-refractivity contribution < 1.29 is 27.5 Å². The molecule has 1 amide bonds. The van der Waals surface area contributed by atoms with Crippen LogP contribution in [0.3, 0.4) is 0 Å². The number of nitrogens with one attached hydrogen (secondary N) is 2. The summed E-state index contributed by atoms with van der Waals surface area (Å²) in [5, 5.41) is 2.59. The number of aldehydes is 1. The average molecular weight is 524 g/mol. The standard InChI is InChI=1S/C27H23F3N4O4/c28-18-9-8-17(20(30)12-18)16-38-23-14-19(29)13-22-26(23)33-24(31-22)15-34-10-5-6-21(27(34)37)32-25(36)7-3-1-2-4-11-35/h2,4-6,8-14H,1,3,7,15-16H2,(H,31,33)(H,32,36)/b4-2+. The van der Waals surface area contributed by atoms with E-state index in [1.165, 1.54) is 35.0 Å². The van der Waals surface area contributed by atoms with E-state index in [9.17, 15) is 27.6 Å². The Labute approximate surface area is 214 Å². The highest BCUT2D eigenvalue weighted by Gasteiger charge is 2.14. The van der Waals surface area contributed by atoms with Gasteiger partial charge in [-0.1, -0.05) is 6.08 Å². The number of imidazole rings is 1. The van der Waals surface area contributed by atoms with Crippen LogP contribution in [0.4, 0.5) is 18.9 Å². The van der Waals surface area contributed by atoms with Gasteiger partial charge in [0.15, 0.2) is 5.75 Å². The Balaban J connectivity index is 1.48. The van der Waals surface area contributed by atoms with Gasteiger partial charge in [0.1, 0.15) is 47.4 Å². The van der Waals surface area contributed by atoms with Crippen molar-refractivity contribution in [2.45, 2.75) is 32.4 Å². The molecule has 196 valence electrons. The van der Waals surface area contributed by atoms with Crippen LogP contribution in [-0.4, -0.2) is 26.7 Å². The van der Waals surface area contributed by atoms with E-state index in [1.807, 2.05) is 0 Å². The van der Waals surface area contributed by atoms with Gasteiger partial charge in [-0.2, -0.15) is 0 Å². The number of rotatable bonds is 11. The predicted octanol–water partition coefficient (Wildman–Crippen LogP) is 4.63. The molecule has 0 unspecified atom stereocenters. The molecule has 8 nitrogen and oxygen atoms in total. The molecular formula is C27H23F3N4O4. The van der Waals surface area contributed by atoms with Crippen molar-refractivity contribution >= 4 is 28.9 Å². The molecular weight excluding hydrogens is 501 g/mol. The molecule has 4 rings (SSSR count). The van der Waals surface area contributed by atoms with Crippen LogP contribution < -0.4 is 15.6 Å². The molecule has 0 spiro atoms. The maximum Gasteiger partial charge on any atom is 0.274 e. The molecule has 0 aliphatic heterocycles. The summed E-state index contributed by atoms with van der Waals surface area (Å²) in [6, 6.07) is 8.45. The maximum absolute atomic E-state index is 14.2. The van der Waals surface area contributed by atoms with E-state index < -0.39 is 23.0 Å². The molecule has 0 aliphatic rings. The number of halogens is 3. The summed E-state index contributed by atoms with van der Waals surface area (Å²) in [6.07, 6.45) is 6.45. The average Bonchev–Trinajstić information content (AvgIpc) is 3.28. The highest BCUT2D eigenvalue weighted by molar-refractivity contribution is 5.90. The Morgan fingerprint density at radius 2 is 1.97 bits per heavy atom. The monoisotopic (exact) mass is 524 g/mol. The molecule has 2 aromatic heterocycles. The summed E-state index contributed by atoms with van der Waals surface area (Å²) >= 11 is 0. The third-order valence-electron chi connectivity index (χ3n) is 5.57. The number of carbonyl (C=O) groups excluding carboxylic acids is 2. The largest absolute Gasteiger partial charge is 0.486 e. The van der Waals surface area contributed by atoms with Crippen molar-refractivity contribution in [3.8, 4) is 5.75 Å². The number of ether oxygens (including phenoxy) is 1. The number of amides is 1. The number of nitrogens with zero attached hydrogens (tertiary/aromatic N) is 2. The second-order valence-corrected chi connectivity index (χ2v) is 8.37. The maximum atomic E-state index is 14.2. The number of allylic oxidation sites excluding steroid dienone is 2. The van der Waals surface area contributed by atoms with Gasteiger partial charge >= 0.3 is 0 Å². The minimum Gasteiger partial charge on any atom is -0.486 e. The third-order valence-corrected chi connectivity index (χ3v) is 5.57. The lowest BCUT2D eigenvalue weighted by molar-refractivity contribution is -0.116. The zero-order valence-electron chi connectivity index (χ0n) is 20.0. The molecule has 4 aromatic rings. The summed E-state index contributed by atoms with van der Waals surface area (Å²) in [7, 11) is 0. The smallest absolute Gasteiger partial charge is 0.274 e. The lowest BCUT2D eigenvalue weighted by atomic mass is 10.2. The second kappa shape index (κ2) is 12.0. The van der Waals surface area contributed by atoms with Gasteiger partial charge in [-0.15, -0.1) is 0 Å². The van der Waals surface area contributed by atoms with Crippen LogP contribution in [-0.2, 0) is 22.7 Å². The fourth-order valence-electron chi connectivity index (χ4n) is 3.75. The SMILES string of the molecule is O=C/C=C/CCCC(=O)Nc1cccn(Cc2nc3c(OCc4ccc(F)cc4F)cc(F)cc3[nH]2)c1=O. The summed E-state index contributed by atoms with van der Waals surface area (Å²) in [5.74, 6) is -2.11. The zero-order chi connectivity index (χ0) is 27.1. The van der Waals surface area contributed by atoms with E-state index in [-0.39, 0.29) is 48.0 Å². The number of hydrogen-bond acceptors (Lipinski definition) is 5. The van der Waals surface area contributed by atoms with Crippen molar-refractivity contribution in [1.82, 2.24) is 14.5 Å². The number of carbonyl (C=O) groups is 2. The van der Waals surface area contributed by atoms with Crippen LogP contribution in [0.1, 0.15) is 30.7 Å². The van der Waals surface area contributed by atoms with Gasteiger partial charge in [0.2, 0.25) is 5.91 Å². The molecule has 11 heteroatoms. The van der Waals surface area contributed by atoms with E-state index in [4.69, 9.17) is 4.74 Å². The van der Waals surface area contributed by atoms with Crippen molar-refractivity contribution in [3.63, 3.8) is 0 Å². The van der Waals surface area contributed by atoms with Crippen LogP contribution in [0.5, 0.6) is 5.75 Å². The van der Waals surface area contributed by atoms with Gasteiger partial charge in [-0.3, -0.25) is 14.4 Å². The highest BCUT2D eigenvalue weighted by atomic mass is 19.1. The van der Waals surface area contributed by atoms with Gasteiger partial charge in [-0.05, 0) is 49.2 Å². The zero-order valence-corrected chi connectivity index (χ0v) is 20.0. The van der Waals surface area contributed by atoms with Crippen LogP contribution in [0, 0.1) is 17.5 Å². The third kappa shape index (κ3) is 6.55. The molecule has 2 aromatic carbocycles. The van der Waals surface area contributed by atoms with Crippen molar-refractivity contribution in [2.24, 2.45) is 0 Å². The van der Waals surface area contributed by atoms with E-state index in [2.05, 4.69) is 15.3 Å². The molecule has 0 saturated heterocycles. The molecule has 0 aliphatic carbocycles. The van der Waals surface area contributed by atoms with Gasteiger partial charge < -0.3 is 19.6 Å². The number of aromatic amines is 1. The van der Waals surface area contributed by atoms with Gasteiger partial charge in [-0.25, -0.2) is 18.2 Å². The predicted molar refractivity (Wildman–Crippen MR) is 134 cm³/mol. The molecule has 0 fully saturated rings. The van der Waals surface area contributed by atoms with Crippen molar-refractivity contribution in [2.75, 3.05) is 5.32 Å². The lowest BCUT2D eigenvalue weighted by Gasteiger charge is -2.08. The summed E-state index contributed by atoms with van der Waals surface area (Å²) in [5.41, 5.74) is 0.285. The van der Waals surface area contributed by atoms with E-state index >= 15 is 0 Å². The topological polar surface area (TPSA) is 106 Å². The molecule has 38 heavy (non-hydrogen) atoms. The Bertz CT molecular complexity index is 1560. The first-order valence-electron chi connectivity index (χ1n) is 11.7. The number of aromatic nitrogens is 3. The van der Waals surface area contributed by atoms with Crippen LogP contribution >= 0.6 is 0 Å². The molecule has 2 heterocycles. The van der Waals surface area contributed by atoms with Crippen LogP contribution in [0.25, 0.3) is 11.0 Å². The lowest BCUT2D eigenvalue weighted by Crippen LogP contribution is -2.26. The first-order valence-corrected chi connectivity index (χ1v) is 11.7. The van der Waals surface area contributed by atoms with Crippen molar-refractivity contribution in [3.05, 3.63) is 100 Å². The summed E-state index contributed by atoms with van der Waals surface area (Å²) in [6.45, 7) is -0.289. The van der Waals surface area contributed by atoms with Crippen molar-refractivity contribution in [1.29, 1.82) is 0 Å². The van der Waals surface area contributed by atoms with E-state index in [0.717, 1.165) is 18.2 Å². The number of anilines is 1. The minimum atomic E-state index is -0.790. The number of fused-ring (bicyclic) bond motifs is 1. The highest BCUT2D eigenvalue weighted by Crippen LogP contribution is 2.27. The minimum absolute atomic E-state index is 0.0125. The second-order valence-electron chi connectivity index (χ2n) is 8.37.